The summed E-state index contributed by atoms with van der Waals surface area (Å²) in [6.07, 6.45) is 4.38. The quantitative estimate of drug-likeness (QED) is 0.595. The van der Waals surface area contributed by atoms with Crippen molar-refractivity contribution in [3.63, 3.8) is 0 Å². The van der Waals surface area contributed by atoms with E-state index in [1.54, 1.807) is 36.4 Å². The molecule has 0 atom stereocenters. The third kappa shape index (κ3) is 4.97. The Bertz CT molecular complexity index is 1060. The fraction of sp³-hybridized carbons (Fsp3) is 0.292. The smallest absolute Gasteiger partial charge is 0.278 e. The molecule has 0 spiro atoms. The van der Waals surface area contributed by atoms with Crippen LogP contribution in [-0.4, -0.2) is 28.7 Å². The van der Waals surface area contributed by atoms with Crippen molar-refractivity contribution in [1.29, 1.82) is 0 Å². The van der Waals surface area contributed by atoms with Gasteiger partial charge in [-0.25, -0.2) is 0 Å². The lowest BCUT2D eigenvalue weighted by Gasteiger charge is -2.15. The second-order valence-electron chi connectivity index (χ2n) is 8.02. The number of amides is 3. The van der Waals surface area contributed by atoms with Gasteiger partial charge in [0.15, 0.2) is 0 Å². The minimum atomic E-state index is -0.534. The molecule has 2 aromatic carbocycles. The van der Waals surface area contributed by atoms with Gasteiger partial charge in [-0.2, -0.15) is 0 Å². The van der Waals surface area contributed by atoms with Gasteiger partial charge < -0.3 is 10.6 Å². The van der Waals surface area contributed by atoms with Crippen LogP contribution in [0.15, 0.2) is 59.3 Å². The zero-order valence-electron chi connectivity index (χ0n) is 17.4. The maximum Gasteiger partial charge on any atom is 0.278 e. The summed E-state index contributed by atoms with van der Waals surface area (Å²) in [4.78, 5) is 38.7. The molecule has 2 N–H and O–H groups in total. The third-order valence-corrected chi connectivity index (χ3v) is 6.34. The molecular weight excluding hydrogens is 449 g/mol. The summed E-state index contributed by atoms with van der Waals surface area (Å²) in [5, 5.41) is 6.48. The number of nitrogens with zero attached hydrogens (tertiary/aromatic N) is 1. The number of hydrogen-bond acceptors (Lipinski definition) is 4. The number of nitrogens with one attached hydrogen (secondary N) is 2. The van der Waals surface area contributed by atoms with Crippen molar-refractivity contribution in [1.82, 2.24) is 15.5 Å². The van der Waals surface area contributed by atoms with Gasteiger partial charge in [-0.15, -0.1) is 0 Å². The fourth-order valence-electron chi connectivity index (χ4n) is 3.92. The number of benzene rings is 2. The molecule has 0 radical (unpaired) electrons. The van der Waals surface area contributed by atoms with Gasteiger partial charge >= 0.3 is 0 Å². The molecule has 8 heteroatoms. The highest BCUT2D eigenvalue weighted by Crippen LogP contribution is 2.25. The van der Waals surface area contributed by atoms with Crippen LogP contribution in [0.3, 0.4) is 0 Å². The summed E-state index contributed by atoms with van der Waals surface area (Å²) in [6, 6.07) is 14.3. The third-order valence-electron chi connectivity index (χ3n) is 5.74. The van der Waals surface area contributed by atoms with Crippen molar-refractivity contribution < 1.29 is 14.4 Å². The Labute approximate surface area is 196 Å². The highest BCUT2D eigenvalue weighted by molar-refractivity contribution is 6.47. The van der Waals surface area contributed by atoms with E-state index in [0.29, 0.717) is 17.1 Å². The zero-order chi connectivity index (χ0) is 22.7. The summed E-state index contributed by atoms with van der Waals surface area (Å²) < 4.78 is 0. The Morgan fingerprint density at radius 3 is 2.19 bits per heavy atom. The van der Waals surface area contributed by atoms with Crippen LogP contribution in [0.1, 0.15) is 47.2 Å². The molecule has 1 saturated carbocycles. The van der Waals surface area contributed by atoms with Gasteiger partial charge in [-0.1, -0.05) is 60.3 Å². The summed E-state index contributed by atoms with van der Waals surface area (Å²) in [5.41, 5.74) is 2.30. The van der Waals surface area contributed by atoms with Gasteiger partial charge in [0.2, 0.25) is 0 Å². The average Bonchev–Trinajstić information content (AvgIpc) is 3.37. The van der Waals surface area contributed by atoms with Crippen molar-refractivity contribution in [2.45, 2.75) is 44.8 Å². The monoisotopic (exact) mass is 471 g/mol. The average molecular weight is 472 g/mol. The van der Waals surface area contributed by atoms with Crippen molar-refractivity contribution in [2.24, 2.45) is 0 Å². The van der Waals surface area contributed by atoms with Crippen molar-refractivity contribution >= 4 is 40.9 Å². The van der Waals surface area contributed by atoms with Crippen LogP contribution in [0.5, 0.6) is 0 Å². The zero-order valence-corrected chi connectivity index (χ0v) is 18.9. The molecule has 4 rings (SSSR count). The molecule has 1 aliphatic heterocycles. The molecular formula is C24H23Cl2N3O3. The summed E-state index contributed by atoms with van der Waals surface area (Å²) in [7, 11) is 0. The Balaban J connectivity index is 1.35. The lowest BCUT2D eigenvalue weighted by atomic mass is 10.1. The van der Waals surface area contributed by atoms with E-state index in [1.807, 2.05) is 12.1 Å². The molecule has 32 heavy (non-hydrogen) atoms. The molecule has 0 unspecified atom stereocenters. The highest BCUT2D eigenvalue weighted by atomic mass is 35.5. The van der Waals surface area contributed by atoms with Crippen molar-refractivity contribution in [2.75, 3.05) is 0 Å². The van der Waals surface area contributed by atoms with Crippen molar-refractivity contribution in [3.05, 3.63) is 81.0 Å². The minimum Gasteiger partial charge on any atom is -0.375 e. The van der Waals surface area contributed by atoms with E-state index in [-0.39, 0.29) is 29.2 Å². The van der Waals surface area contributed by atoms with E-state index in [0.717, 1.165) is 41.7 Å². The first-order chi connectivity index (χ1) is 15.4. The van der Waals surface area contributed by atoms with E-state index < -0.39 is 11.8 Å². The molecule has 2 aromatic rings. The molecule has 0 saturated heterocycles. The predicted molar refractivity (Wildman–Crippen MR) is 123 cm³/mol. The first-order valence-electron chi connectivity index (χ1n) is 10.6. The van der Waals surface area contributed by atoms with E-state index in [2.05, 4.69) is 10.6 Å². The maximum absolute atomic E-state index is 12.7. The van der Waals surface area contributed by atoms with E-state index >= 15 is 0 Å². The SMILES string of the molecule is O=C(NC1CCCC1)c1ccc(CNC2=C(Cl)C(=O)N(Cc3ccc(Cl)cc3)C2=O)cc1. The van der Waals surface area contributed by atoms with E-state index in [4.69, 9.17) is 23.2 Å². The van der Waals surface area contributed by atoms with Crippen LogP contribution < -0.4 is 10.6 Å². The predicted octanol–water partition coefficient (Wildman–Crippen LogP) is 4.12. The molecule has 0 aromatic heterocycles. The minimum absolute atomic E-state index is 0.0726. The second kappa shape index (κ2) is 9.76. The van der Waals surface area contributed by atoms with Gasteiger partial charge in [0.1, 0.15) is 10.7 Å². The molecule has 2 aliphatic rings. The Morgan fingerprint density at radius 2 is 1.53 bits per heavy atom. The topological polar surface area (TPSA) is 78.5 Å². The maximum atomic E-state index is 12.7. The molecule has 6 nitrogen and oxygen atoms in total. The fourth-order valence-corrected chi connectivity index (χ4v) is 4.29. The Morgan fingerprint density at radius 1 is 0.906 bits per heavy atom. The normalized spacial score (nSPS) is 16.8. The van der Waals surface area contributed by atoms with Gasteiger partial charge in [0, 0.05) is 23.2 Å². The number of hydrogen-bond donors (Lipinski definition) is 2. The Hall–Kier alpha value is -2.83. The van der Waals surface area contributed by atoms with Crippen LogP contribution in [0.2, 0.25) is 5.02 Å². The van der Waals surface area contributed by atoms with Crippen LogP contribution in [0, 0.1) is 0 Å². The van der Waals surface area contributed by atoms with Gasteiger partial charge in [0.05, 0.1) is 6.54 Å². The van der Waals surface area contributed by atoms with Gasteiger partial charge in [-0.05, 0) is 48.2 Å². The Kier molecular flexibility index (Phi) is 6.82. The van der Waals surface area contributed by atoms with Crippen LogP contribution in [0.25, 0.3) is 0 Å². The molecule has 1 fully saturated rings. The second-order valence-corrected chi connectivity index (χ2v) is 8.83. The molecule has 166 valence electrons. The van der Waals surface area contributed by atoms with E-state index in [1.165, 1.54) is 0 Å². The highest BCUT2D eigenvalue weighted by Gasteiger charge is 2.37. The number of imide groups is 1. The number of carbonyl (C=O) groups is 3. The summed E-state index contributed by atoms with van der Waals surface area (Å²) in [6.45, 7) is 0.408. The van der Waals surface area contributed by atoms with Crippen LogP contribution in [0.4, 0.5) is 0 Å². The van der Waals surface area contributed by atoms with Crippen LogP contribution >= 0.6 is 23.2 Å². The number of carbonyl (C=O) groups excluding carboxylic acids is 3. The lowest BCUT2D eigenvalue weighted by Crippen LogP contribution is -2.33. The molecule has 1 heterocycles. The first-order valence-corrected chi connectivity index (χ1v) is 11.3. The lowest BCUT2D eigenvalue weighted by molar-refractivity contribution is -0.138. The van der Waals surface area contributed by atoms with Crippen LogP contribution in [-0.2, 0) is 22.7 Å². The summed E-state index contributed by atoms with van der Waals surface area (Å²) in [5.74, 6) is -1.08. The van der Waals surface area contributed by atoms with E-state index in [9.17, 15) is 14.4 Å². The standard InChI is InChI=1S/C24H23Cl2N3O3/c25-18-11-7-16(8-12-18)14-29-23(31)20(26)21(24(29)32)27-13-15-5-9-17(10-6-15)22(30)28-19-3-1-2-4-19/h5-12,19,27H,1-4,13-14H2,(H,28,30). The largest absolute Gasteiger partial charge is 0.375 e. The number of rotatable bonds is 7. The number of halogens is 2. The van der Waals surface area contributed by atoms with Crippen molar-refractivity contribution in [3.8, 4) is 0 Å². The first kappa shape index (κ1) is 22.4. The van der Waals surface area contributed by atoms with Gasteiger partial charge in [0.25, 0.3) is 17.7 Å². The molecule has 3 amide bonds. The molecule has 0 bridgehead atoms. The van der Waals surface area contributed by atoms with Gasteiger partial charge in [-0.3, -0.25) is 19.3 Å². The summed E-state index contributed by atoms with van der Waals surface area (Å²) >= 11 is 12.0. The molecule has 1 aliphatic carbocycles.